The summed E-state index contributed by atoms with van der Waals surface area (Å²) in [6.07, 6.45) is 0. The van der Waals surface area contributed by atoms with Gasteiger partial charge in [-0.2, -0.15) is 0 Å². The van der Waals surface area contributed by atoms with Crippen LogP contribution in [0.5, 0.6) is 0 Å². The van der Waals surface area contributed by atoms with Gasteiger partial charge in [0.15, 0.2) is 5.96 Å². The normalized spacial score (nSPS) is 12.0. The molecule has 26 heavy (non-hydrogen) atoms. The van der Waals surface area contributed by atoms with Crippen molar-refractivity contribution in [2.45, 2.75) is 13.1 Å². The van der Waals surface area contributed by atoms with Gasteiger partial charge in [0, 0.05) is 33.7 Å². The molecule has 0 unspecified atom stereocenters. The first-order chi connectivity index (χ1) is 12.5. The predicted molar refractivity (Wildman–Crippen MR) is 106 cm³/mol. The summed E-state index contributed by atoms with van der Waals surface area (Å²) >= 11 is 0. The van der Waals surface area contributed by atoms with Crippen molar-refractivity contribution >= 4 is 16.0 Å². The van der Waals surface area contributed by atoms with Gasteiger partial charge in [-0.25, -0.2) is 13.1 Å². The van der Waals surface area contributed by atoms with Crippen LogP contribution in [0, 0.1) is 0 Å². The van der Waals surface area contributed by atoms with Gasteiger partial charge >= 0.3 is 0 Å². The largest absolute Gasteiger partial charge is 0.355 e. The van der Waals surface area contributed by atoms with Gasteiger partial charge in [-0.15, -0.1) is 0 Å². The highest BCUT2D eigenvalue weighted by molar-refractivity contribution is 7.89. The zero-order valence-electron chi connectivity index (χ0n) is 15.2. The van der Waals surface area contributed by atoms with E-state index in [1.54, 1.807) is 7.05 Å². The molecule has 7 heteroatoms. The zero-order chi connectivity index (χ0) is 18.8. The first-order valence-electron chi connectivity index (χ1n) is 8.47. The lowest BCUT2D eigenvalue weighted by atomic mass is 10.2. The van der Waals surface area contributed by atoms with E-state index in [1.807, 2.05) is 72.6 Å². The average Bonchev–Trinajstić information content (AvgIpc) is 2.65. The summed E-state index contributed by atoms with van der Waals surface area (Å²) in [6, 6.07) is 19.5. The quantitative estimate of drug-likeness (QED) is 0.546. The van der Waals surface area contributed by atoms with Gasteiger partial charge in [0.25, 0.3) is 0 Å². The molecular weight excluding hydrogens is 348 g/mol. The van der Waals surface area contributed by atoms with Crippen molar-refractivity contribution in [3.63, 3.8) is 0 Å². The molecule has 140 valence electrons. The van der Waals surface area contributed by atoms with Crippen LogP contribution in [0.3, 0.4) is 0 Å². The minimum absolute atomic E-state index is 0.0158. The monoisotopic (exact) mass is 374 g/mol. The van der Waals surface area contributed by atoms with Crippen LogP contribution in [0.25, 0.3) is 0 Å². The molecule has 0 aliphatic heterocycles. The van der Waals surface area contributed by atoms with E-state index < -0.39 is 10.0 Å². The number of nitrogens with zero attached hydrogens (tertiary/aromatic N) is 2. The third kappa shape index (κ3) is 6.85. The van der Waals surface area contributed by atoms with Crippen LogP contribution in [0.1, 0.15) is 11.1 Å². The van der Waals surface area contributed by atoms with Crippen molar-refractivity contribution in [3.05, 3.63) is 71.8 Å². The number of rotatable bonds is 8. The Kier molecular flexibility index (Phi) is 7.62. The summed E-state index contributed by atoms with van der Waals surface area (Å²) in [5, 5.41) is 3.10. The summed E-state index contributed by atoms with van der Waals surface area (Å²) in [6.45, 7) is 1.28. The van der Waals surface area contributed by atoms with E-state index in [-0.39, 0.29) is 12.3 Å². The van der Waals surface area contributed by atoms with Crippen molar-refractivity contribution in [1.82, 2.24) is 14.9 Å². The Morgan fingerprint density at radius 1 is 1.00 bits per heavy atom. The van der Waals surface area contributed by atoms with Crippen LogP contribution in [0.4, 0.5) is 0 Å². The number of sulfonamides is 1. The number of guanidine groups is 1. The Labute approximate surface area is 156 Å². The number of nitrogens with one attached hydrogen (secondary N) is 2. The van der Waals surface area contributed by atoms with E-state index in [2.05, 4.69) is 15.0 Å². The summed E-state index contributed by atoms with van der Waals surface area (Å²) in [7, 11) is 0.253. The van der Waals surface area contributed by atoms with Gasteiger partial charge in [0.2, 0.25) is 10.0 Å². The van der Waals surface area contributed by atoms with Crippen LogP contribution >= 0.6 is 0 Å². The minimum Gasteiger partial charge on any atom is -0.355 e. The summed E-state index contributed by atoms with van der Waals surface area (Å²) in [4.78, 5) is 6.17. The highest BCUT2D eigenvalue weighted by atomic mass is 32.2. The molecule has 0 saturated heterocycles. The summed E-state index contributed by atoms with van der Waals surface area (Å²) in [5.74, 6) is 0.644. The molecule has 0 aliphatic rings. The molecule has 0 heterocycles. The number of aliphatic imine (C=N–C) groups is 1. The molecule has 0 amide bonds. The Morgan fingerprint density at radius 3 is 2.15 bits per heavy atom. The number of benzene rings is 2. The fourth-order valence-electron chi connectivity index (χ4n) is 2.48. The molecule has 0 fully saturated rings. The lowest BCUT2D eigenvalue weighted by Gasteiger charge is -2.22. The van der Waals surface area contributed by atoms with E-state index in [9.17, 15) is 8.42 Å². The third-order valence-electron chi connectivity index (χ3n) is 3.83. The molecule has 0 spiro atoms. The maximum absolute atomic E-state index is 12.1. The Bertz CT molecular complexity index is 793. The van der Waals surface area contributed by atoms with E-state index in [0.717, 1.165) is 11.1 Å². The average molecular weight is 375 g/mol. The van der Waals surface area contributed by atoms with Gasteiger partial charge in [0.1, 0.15) is 0 Å². The highest BCUT2D eigenvalue weighted by Gasteiger charge is 2.12. The predicted octanol–water partition coefficient (Wildman–Crippen LogP) is 1.81. The zero-order valence-corrected chi connectivity index (χ0v) is 16.0. The van der Waals surface area contributed by atoms with Crippen molar-refractivity contribution in [2.24, 2.45) is 4.99 Å². The summed E-state index contributed by atoms with van der Waals surface area (Å²) in [5.41, 5.74) is 2.09. The molecule has 2 rings (SSSR count). The number of hydrogen-bond acceptors (Lipinski definition) is 3. The SMILES string of the molecule is CN=C(NCCS(=O)(=O)NCc1ccccc1)N(C)Cc1ccccc1. The van der Waals surface area contributed by atoms with Crippen LogP contribution in [0.2, 0.25) is 0 Å². The molecule has 6 nitrogen and oxygen atoms in total. The Hall–Kier alpha value is -2.38. The molecule has 0 aliphatic carbocycles. The summed E-state index contributed by atoms with van der Waals surface area (Å²) < 4.78 is 26.9. The third-order valence-corrected chi connectivity index (χ3v) is 5.15. The Morgan fingerprint density at radius 2 is 1.58 bits per heavy atom. The molecule has 2 N–H and O–H groups in total. The first-order valence-corrected chi connectivity index (χ1v) is 10.1. The molecule has 0 atom stereocenters. The molecule has 0 radical (unpaired) electrons. The lowest BCUT2D eigenvalue weighted by molar-refractivity contribution is 0.478. The molecule has 0 bridgehead atoms. The van der Waals surface area contributed by atoms with Crippen LogP contribution in [0.15, 0.2) is 65.7 Å². The molecular formula is C19H26N4O2S. The molecule has 0 aromatic heterocycles. The van der Waals surface area contributed by atoms with Gasteiger partial charge in [-0.1, -0.05) is 60.7 Å². The van der Waals surface area contributed by atoms with Crippen molar-refractivity contribution in [1.29, 1.82) is 0 Å². The van der Waals surface area contributed by atoms with Crippen LogP contribution < -0.4 is 10.0 Å². The minimum atomic E-state index is -3.35. The van der Waals surface area contributed by atoms with Gasteiger partial charge in [-0.05, 0) is 11.1 Å². The van der Waals surface area contributed by atoms with Crippen LogP contribution in [-0.4, -0.2) is 45.7 Å². The highest BCUT2D eigenvalue weighted by Crippen LogP contribution is 2.03. The number of hydrogen-bond donors (Lipinski definition) is 2. The van der Waals surface area contributed by atoms with Crippen LogP contribution in [-0.2, 0) is 23.1 Å². The van der Waals surface area contributed by atoms with Crippen molar-refractivity contribution < 1.29 is 8.42 Å². The van der Waals surface area contributed by atoms with E-state index in [4.69, 9.17) is 0 Å². The second kappa shape index (κ2) is 9.94. The maximum atomic E-state index is 12.1. The molecule has 0 saturated carbocycles. The fraction of sp³-hybridized carbons (Fsp3) is 0.316. The van der Waals surface area contributed by atoms with Crippen molar-refractivity contribution in [3.8, 4) is 0 Å². The molecule has 2 aromatic rings. The molecule has 2 aromatic carbocycles. The second-order valence-electron chi connectivity index (χ2n) is 5.94. The maximum Gasteiger partial charge on any atom is 0.213 e. The Balaban J connectivity index is 1.78. The van der Waals surface area contributed by atoms with Gasteiger partial charge < -0.3 is 10.2 Å². The topological polar surface area (TPSA) is 73.8 Å². The second-order valence-corrected chi connectivity index (χ2v) is 7.87. The first kappa shape index (κ1) is 19.9. The standard InChI is InChI=1S/C19H26N4O2S/c1-20-19(23(2)16-18-11-7-4-8-12-18)21-13-14-26(24,25)22-15-17-9-5-3-6-10-17/h3-12,22H,13-16H2,1-2H3,(H,20,21). The van der Waals surface area contributed by atoms with E-state index in [1.165, 1.54) is 0 Å². The fourth-order valence-corrected chi connectivity index (χ4v) is 3.38. The van der Waals surface area contributed by atoms with E-state index in [0.29, 0.717) is 19.0 Å². The van der Waals surface area contributed by atoms with Gasteiger partial charge in [-0.3, -0.25) is 4.99 Å². The van der Waals surface area contributed by atoms with Crippen molar-refractivity contribution in [2.75, 3.05) is 26.4 Å². The smallest absolute Gasteiger partial charge is 0.213 e. The lowest BCUT2D eigenvalue weighted by Crippen LogP contribution is -2.41. The van der Waals surface area contributed by atoms with E-state index >= 15 is 0 Å². The van der Waals surface area contributed by atoms with Gasteiger partial charge in [0.05, 0.1) is 5.75 Å².